The number of aromatic nitrogens is 1. The summed E-state index contributed by atoms with van der Waals surface area (Å²) in [5, 5.41) is 2.53. The fourth-order valence-corrected chi connectivity index (χ4v) is 3.49. The second kappa shape index (κ2) is 5.14. The minimum Gasteiger partial charge on any atom is -0.464 e. The van der Waals surface area contributed by atoms with Crippen molar-refractivity contribution in [1.29, 1.82) is 0 Å². The normalized spacial score (nSPS) is 11.3. The molecule has 24 heavy (non-hydrogen) atoms. The Bertz CT molecular complexity index is 1100. The van der Waals surface area contributed by atoms with Gasteiger partial charge >= 0.3 is 0 Å². The number of nitrogens with zero attached hydrogens (tertiary/aromatic N) is 1. The number of hydrogen-bond donors (Lipinski definition) is 0. The molecule has 0 saturated carbocycles. The van der Waals surface area contributed by atoms with E-state index in [0.29, 0.717) is 0 Å². The summed E-state index contributed by atoms with van der Waals surface area (Å²) in [5.74, 6) is 0.882. The lowest BCUT2D eigenvalue weighted by molar-refractivity contribution is 0.582. The van der Waals surface area contributed by atoms with Crippen molar-refractivity contribution >= 4 is 21.8 Å². The van der Waals surface area contributed by atoms with E-state index in [1.165, 1.54) is 21.8 Å². The zero-order valence-corrected chi connectivity index (χ0v) is 13.0. The van der Waals surface area contributed by atoms with Crippen molar-refractivity contribution in [2.24, 2.45) is 0 Å². The van der Waals surface area contributed by atoms with Crippen LogP contribution in [-0.4, -0.2) is 4.57 Å². The van der Waals surface area contributed by atoms with Crippen LogP contribution in [0.5, 0.6) is 0 Å². The third-order valence-corrected chi connectivity index (χ3v) is 4.51. The van der Waals surface area contributed by atoms with Crippen LogP contribution in [-0.2, 0) is 0 Å². The van der Waals surface area contributed by atoms with Crippen LogP contribution < -0.4 is 0 Å². The lowest BCUT2D eigenvalue weighted by Crippen LogP contribution is -1.96. The fraction of sp³-hybridized carbons (Fsp3) is 0. The first-order valence-electron chi connectivity index (χ1n) is 8.05. The highest BCUT2D eigenvalue weighted by Gasteiger charge is 2.15. The van der Waals surface area contributed by atoms with Crippen LogP contribution in [0.15, 0.2) is 95.6 Å². The quantitative estimate of drug-likeness (QED) is 0.388. The maximum Gasteiger partial charge on any atom is 0.135 e. The SMILES string of the molecule is c1coc(-c2ccccc2-n2c3ccccc3c3ccccc32)c1. The molecule has 2 aromatic heterocycles. The maximum atomic E-state index is 5.67. The molecule has 0 bridgehead atoms. The summed E-state index contributed by atoms with van der Waals surface area (Å²) in [6, 6.07) is 29.4. The van der Waals surface area contributed by atoms with Gasteiger partial charge in [-0.05, 0) is 36.4 Å². The molecule has 5 rings (SSSR count). The lowest BCUT2D eigenvalue weighted by Gasteiger charge is -2.12. The van der Waals surface area contributed by atoms with Crippen LogP contribution in [0.25, 0.3) is 38.8 Å². The van der Waals surface area contributed by atoms with Gasteiger partial charge in [0.15, 0.2) is 0 Å². The van der Waals surface area contributed by atoms with Crippen molar-refractivity contribution in [2.75, 3.05) is 0 Å². The third-order valence-electron chi connectivity index (χ3n) is 4.51. The van der Waals surface area contributed by atoms with Gasteiger partial charge in [0.25, 0.3) is 0 Å². The highest BCUT2D eigenvalue weighted by molar-refractivity contribution is 6.09. The molecule has 0 spiro atoms. The molecule has 0 atom stereocenters. The molecule has 0 unspecified atom stereocenters. The Morgan fingerprint density at radius 1 is 0.583 bits per heavy atom. The fourth-order valence-electron chi connectivity index (χ4n) is 3.49. The number of para-hydroxylation sites is 3. The predicted octanol–water partition coefficient (Wildman–Crippen LogP) is 6.04. The first-order valence-corrected chi connectivity index (χ1v) is 8.05. The van der Waals surface area contributed by atoms with Gasteiger partial charge in [0, 0.05) is 16.3 Å². The van der Waals surface area contributed by atoms with Crippen LogP contribution in [0.1, 0.15) is 0 Å². The number of fused-ring (bicyclic) bond motifs is 3. The molecule has 3 aromatic carbocycles. The van der Waals surface area contributed by atoms with E-state index in [1.54, 1.807) is 6.26 Å². The average Bonchev–Trinajstić information content (AvgIpc) is 3.28. The average molecular weight is 309 g/mol. The van der Waals surface area contributed by atoms with Gasteiger partial charge in [-0.3, -0.25) is 0 Å². The molecule has 2 heterocycles. The number of rotatable bonds is 2. The number of benzene rings is 3. The van der Waals surface area contributed by atoms with Crippen molar-refractivity contribution in [3.05, 3.63) is 91.2 Å². The van der Waals surface area contributed by atoms with Gasteiger partial charge in [-0.2, -0.15) is 0 Å². The van der Waals surface area contributed by atoms with E-state index in [2.05, 4.69) is 77.4 Å². The van der Waals surface area contributed by atoms with Crippen molar-refractivity contribution in [3.8, 4) is 17.0 Å². The smallest absolute Gasteiger partial charge is 0.135 e. The van der Waals surface area contributed by atoms with E-state index in [9.17, 15) is 0 Å². The Kier molecular flexibility index (Phi) is 2.83. The standard InChI is InChI=1S/C22H15NO/c1-4-11-19-16(8-1)17-9-2-5-12-20(17)23(19)21-13-6-3-10-18(21)22-14-7-15-24-22/h1-15H. The largest absolute Gasteiger partial charge is 0.464 e. The van der Waals surface area contributed by atoms with Crippen LogP contribution in [0, 0.1) is 0 Å². The van der Waals surface area contributed by atoms with E-state index in [4.69, 9.17) is 4.42 Å². The van der Waals surface area contributed by atoms with Gasteiger partial charge in [-0.1, -0.05) is 48.5 Å². The predicted molar refractivity (Wildman–Crippen MR) is 98.5 cm³/mol. The van der Waals surface area contributed by atoms with Gasteiger partial charge in [-0.15, -0.1) is 0 Å². The molecule has 5 aromatic rings. The molecule has 0 aliphatic carbocycles. The summed E-state index contributed by atoms with van der Waals surface area (Å²) in [5.41, 5.74) is 4.63. The Morgan fingerprint density at radius 2 is 1.21 bits per heavy atom. The molecule has 2 heteroatoms. The van der Waals surface area contributed by atoms with Crippen molar-refractivity contribution < 1.29 is 4.42 Å². The second-order valence-electron chi connectivity index (χ2n) is 5.86. The van der Waals surface area contributed by atoms with E-state index in [1.807, 2.05) is 12.1 Å². The molecule has 0 amide bonds. The summed E-state index contributed by atoms with van der Waals surface area (Å²) < 4.78 is 7.99. The molecule has 2 nitrogen and oxygen atoms in total. The second-order valence-corrected chi connectivity index (χ2v) is 5.86. The monoisotopic (exact) mass is 309 g/mol. The number of hydrogen-bond acceptors (Lipinski definition) is 1. The first kappa shape index (κ1) is 13.2. The van der Waals surface area contributed by atoms with Gasteiger partial charge in [0.1, 0.15) is 5.76 Å². The Hall–Kier alpha value is -3.26. The summed E-state index contributed by atoms with van der Waals surface area (Å²) in [7, 11) is 0. The molecule has 0 N–H and O–H groups in total. The zero-order chi connectivity index (χ0) is 15.9. The molecule has 0 aliphatic heterocycles. The van der Waals surface area contributed by atoms with Crippen molar-refractivity contribution in [1.82, 2.24) is 4.57 Å². The first-order chi connectivity index (χ1) is 11.9. The van der Waals surface area contributed by atoms with E-state index in [0.717, 1.165) is 17.0 Å². The lowest BCUT2D eigenvalue weighted by atomic mass is 10.1. The third kappa shape index (κ3) is 1.83. The highest BCUT2D eigenvalue weighted by atomic mass is 16.3. The van der Waals surface area contributed by atoms with Crippen LogP contribution >= 0.6 is 0 Å². The van der Waals surface area contributed by atoms with Crippen LogP contribution in [0.2, 0.25) is 0 Å². The van der Waals surface area contributed by atoms with Crippen LogP contribution in [0.4, 0.5) is 0 Å². The van der Waals surface area contributed by atoms with Gasteiger partial charge < -0.3 is 8.98 Å². The molecule has 0 fully saturated rings. The van der Waals surface area contributed by atoms with E-state index < -0.39 is 0 Å². The summed E-state index contributed by atoms with van der Waals surface area (Å²) in [6.45, 7) is 0. The number of furan rings is 1. The van der Waals surface area contributed by atoms with E-state index in [-0.39, 0.29) is 0 Å². The van der Waals surface area contributed by atoms with Crippen molar-refractivity contribution in [2.45, 2.75) is 0 Å². The summed E-state index contributed by atoms with van der Waals surface area (Å²) in [4.78, 5) is 0. The van der Waals surface area contributed by atoms with Crippen molar-refractivity contribution in [3.63, 3.8) is 0 Å². The van der Waals surface area contributed by atoms with E-state index >= 15 is 0 Å². The molecular formula is C22H15NO. The Balaban J connectivity index is 1.94. The van der Waals surface area contributed by atoms with Gasteiger partial charge in [0.05, 0.1) is 23.0 Å². The molecule has 0 radical (unpaired) electrons. The summed E-state index contributed by atoms with van der Waals surface area (Å²) >= 11 is 0. The molecule has 0 aliphatic rings. The molecular weight excluding hydrogens is 294 g/mol. The molecule has 114 valence electrons. The Labute approximate surface area is 139 Å². The minimum absolute atomic E-state index is 0.882. The zero-order valence-electron chi connectivity index (χ0n) is 13.0. The van der Waals surface area contributed by atoms with Crippen LogP contribution in [0.3, 0.4) is 0 Å². The Morgan fingerprint density at radius 3 is 1.88 bits per heavy atom. The maximum absolute atomic E-state index is 5.67. The molecule has 0 saturated heterocycles. The topological polar surface area (TPSA) is 18.1 Å². The van der Waals surface area contributed by atoms with Gasteiger partial charge in [0.2, 0.25) is 0 Å². The highest BCUT2D eigenvalue weighted by Crippen LogP contribution is 2.35. The minimum atomic E-state index is 0.882. The van der Waals surface area contributed by atoms with Gasteiger partial charge in [-0.25, -0.2) is 0 Å². The summed E-state index contributed by atoms with van der Waals surface area (Å²) in [6.07, 6.45) is 1.72.